The molecule has 27 heavy (non-hydrogen) atoms. The van der Waals surface area contributed by atoms with Crippen LogP contribution < -0.4 is 0 Å². The average molecular weight is 371 g/mol. The third kappa shape index (κ3) is 4.86. The van der Waals surface area contributed by atoms with Gasteiger partial charge in [0.1, 0.15) is 17.0 Å². The number of carbonyl (C=O) groups excluding carboxylic acids is 1. The Balaban J connectivity index is 1.81. The number of hydrogen-bond acceptors (Lipinski definition) is 3. The van der Waals surface area contributed by atoms with Gasteiger partial charge in [0.05, 0.1) is 13.2 Å². The maximum Gasteiger partial charge on any atom is 0.410 e. The molecule has 0 radical (unpaired) electrons. The average Bonchev–Trinajstić information content (AvgIpc) is 3.06. The first kappa shape index (κ1) is 19.4. The van der Waals surface area contributed by atoms with Crippen molar-refractivity contribution in [2.45, 2.75) is 45.0 Å². The molecule has 3 rings (SSSR count). The number of benzene rings is 2. The summed E-state index contributed by atoms with van der Waals surface area (Å²) >= 11 is 0. The first-order valence-corrected chi connectivity index (χ1v) is 9.19. The molecule has 4 nitrogen and oxygen atoms in total. The van der Waals surface area contributed by atoms with Crippen molar-refractivity contribution >= 4 is 6.09 Å². The van der Waals surface area contributed by atoms with Gasteiger partial charge in [-0.2, -0.15) is 0 Å². The summed E-state index contributed by atoms with van der Waals surface area (Å²) in [7, 11) is 0. The molecule has 1 fully saturated rings. The third-order valence-corrected chi connectivity index (χ3v) is 4.61. The Morgan fingerprint density at radius 1 is 1.11 bits per heavy atom. The lowest BCUT2D eigenvalue weighted by Gasteiger charge is -2.31. The molecule has 0 spiro atoms. The van der Waals surface area contributed by atoms with Gasteiger partial charge in [0, 0.05) is 13.0 Å². The van der Waals surface area contributed by atoms with Crippen LogP contribution in [0.15, 0.2) is 54.6 Å². The van der Waals surface area contributed by atoms with Crippen LogP contribution in [0.1, 0.15) is 38.3 Å². The number of nitrogens with zero attached hydrogens (tertiary/aromatic N) is 1. The molecule has 1 atom stereocenters. The second-order valence-corrected chi connectivity index (χ2v) is 7.93. The molecule has 2 aromatic rings. The van der Waals surface area contributed by atoms with E-state index in [0.29, 0.717) is 26.1 Å². The molecule has 5 heteroatoms. The summed E-state index contributed by atoms with van der Waals surface area (Å²) in [5, 5.41) is 0. The molecule has 1 heterocycles. The fraction of sp³-hybridized carbons (Fsp3) is 0.409. The molecular formula is C22H26FNO3. The van der Waals surface area contributed by atoms with Gasteiger partial charge in [-0.05, 0) is 44.0 Å². The van der Waals surface area contributed by atoms with E-state index in [9.17, 15) is 9.18 Å². The van der Waals surface area contributed by atoms with Gasteiger partial charge < -0.3 is 14.4 Å². The van der Waals surface area contributed by atoms with Crippen LogP contribution in [0.25, 0.3) is 0 Å². The van der Waals surface area contributed by atoms with Gasteiger partial charge in [-0.15, -0.1) is 0 Å². The van der Waals surface area contributed by atoms with E-state index >= 15 is 0 Å². The second-order valence-electron chi connectivity index (χ2n) is 7.93. The van der Waals surface area contributed by atoms with Gasteiger partial charge in [0.15, 0.2) is 0 Å². The quantitative estimate of drug-likeness (QED) is 0.769. The fourth-order valence-corrected chi connectivity index (χ4v) is 3.25. The maximum atomic E-state index is 13.4. The molecule has 1 unspecified atom stereocenters. The minimum Gasteiger partial charge on any atom is -0.444 e. The lowest BCUT2D eigenvalue weighted by Crippen LogP contribution is -2.39. The zero-order chi connectivity index (χ0) is 19.5. The number of ether oxygens (including phenoxy) is 2. The topological polar surface area (TPSA) is 38.8 Å². The molecule has 1 saturated heterocycles. The minimum absolute atomic E-state index is 0.293. The van der Waals surface area contributed by atoms with Crippen molar-refractivity contribution in [3.63, 3.8) is 0 Å². The Morgan fingerprint density at radius 3 is 2.41 bits per heavy atom. The lowest BCUT2D eigenvalue weighted by atomic mass is 9.92. The highest BCUT2D eigenvalue weighted by molar-refractivity contribution is 5.68. The van der Waals surface area contributed by atoms with Crippen molar-refractivity contribution in [1.29, 1.82) is 0 Å². The summed E-state index contributed by atoms with van der Waals surface area (Å²) in [6.45, 7) is 6.86. The Bertz CT molecular complexity index is 770. The minimum atomic E-state index is -0.680. The van der Waals surface area contributed by atoms with Crippen LogP contribution in [0, 0.1) is 5.82 Å². The first-order valence-electron chi connectivity index (χ1n) is 9.19. The number of likely N-dealkylation sites (tertiary alicyclic amines) is 1. The highest BCUT2D eigenvalue weighted by Gasteiger charge is 2.43. The highest BCUT2D eigenvalue weighted by atomic mass is 19.1. The molecule has 0 N–H and O–H groups in total. The molecule has 1 amide bonds. The largest absolute Gasteiger partial charge is 0.444 e. The summed E-state index contributed by atoms with van der Waals surface area (Å²) < 4.78 is 25.3. The van der Waals surface area contributed by atoms with Crippen molar-refractivity contribution in [2.75, 3.05) is 13.1 Å². The van der Waals surface area contributed by atoms with Gasteiger partial charge in [-0.25, -0.2) is 9.18 Å². The first-order chi connectivity index (χ1) is 12.8. The van der Waals surface area contributed by atoms with Crippen molar-refractivity contribution in [3.8, 4) is 0 Å². The Hall–Kier alpha value is -2.40. The smallest absolute Gasteiger partial charge is 0.410 e. The summed E-state index contributed by atoms with van der Waals surface area (Å²) in [5.41, 5.74) is 0.685. The van der Waals surface area contributed by atoms with E-state index in [0.717, 1.165) is 11.1 Å². The zero-order valence-electron chi connectivity index (χ0n) is 16.1. The summed E-state index contributed by atoms with van der Waals surface area (Å²) in [5.74, 6) is -0.293. The SMILES string of the molecule is CC(C)(C)OC(=O)N1CCC(OCc2ccccc2)(c2ccc(F)cc2)C1. The molecule has 0 aromatic heterocycles. The van der Waals surface area contributed by atoms with E-state index in [-0.39, 0.29) is 11.9 Å². The molecule has 0 bridgehead atoms. The monoisotopic (exact) mass is 371 g/mol. The van der Waals surface area contributed by atoms with Crippen LogP contribution in [0.5, 0.6) is 0 Å². The van der Waals surface area contributed by atoms with Gasteiger partial charge in [-0.3, -0.25) is 0 Å². The van der Waals surface area contributed by atoms with Crippen LogP contribution in [-0.4, -0.2) is 29.7 Å². The molecular weight excluding hydrogens is 345 g/mol. The van der Waals surface area contributed by atoms with Crippen molar-refractivity contribution in [2.24, 2.45) is 0 Å². The number of halogens is 1. The predicted octanol–water partition coefficient (Wildman–Crippen LogP) is 4.88. The Kier molecular flexibility index (Phi) is 5.51. The third-order valence-electron chi connectivity index (χ3n) is 4.61. The van der Waals surface area contributed by atoms with Gasteiger partial charge in [0.25, 0.3) is 0 Å². The molecule has 0 saturated carbocycles. The van der Waals surface area contributed by atoms with E-state index in [1.807, 2.05) is 51.1 Å². The standard InChI is InChI=1S/C22H26FNO3/c1-21(2,3)27-20(25)24-14-13-22(16-24,18-9-11-19(23)12-10-18)26-15-17-7-5-4-6-8-17/h4-12H,13-16H2,1-3H3. The van der Waals surface area contributed by atoms with E-state index in [4.69, 9.17) is 9.47 Å². The second kappa shape index (κ2) is 7.69. The summed E-state index contributed by atoms with van der Waals surface area (Å²) in [6.07, 6.45) is 0.278. The summed E-state index contributed by atoms with van der Waals surface area (Å²) in [4.78, 5) is 14.2. The molecule has 1 aliphatic heterocycles. The fourth-order valence-electron chi connectivity index (χ4n) is 3.25. The van der Waals surface area contributed by atoms with Crippen LogP contribution >= 0.6 is 0 Å². The Labute approximate surface area is 159 Å². The lowest BCUT2D eigenvalue weighted by molar-refractivity contribution is -0.0554. The number of rotatable bonds is 4. The molecule has 2 aromatic carbocycles. The number of hydrogen-bond donors (Lipinski definition) is 0. The maximum absolute atomic E-state index is 13.4. The highest BCUT2D eigenvalue weighted by Crippen LogP contribution is 2.37. The van der Waals surface area contributed by atoms with Crippen LogP contribution in [0.2, 0.25) is 0 Å². The van der Waals surface area contributed by atoms with E-state index < -0.39 is 11.2 Å². The predicted molar refractivity (Wildman–Crippen MR) is 102 cm³/mol. The number of carbonyl (C=O) groups is 1. The van der Waals surface area contributed by atoms with Crippen LogP contribution in [0.4, 0.5) is 9.18 Å². The van der Waals surface area contributed by atoms with Crippen LogP contribution in [0.3, 0.4) is 0 Å². The van der Waals surface area contributed by atoms with Gasteiger partial charge in [-0.1, -0.05) is 42.5 Å². The molecule has 144 valence electrons. The van der Waals surface area contributed by atoms with E-state index in [1.165, 1.54) is 12.1 Å². The zero-order valence-corrected chi connectivity index (χ0v) is 16.1. The Morgan fingerprint density at radius 2 is 1.78 bits per heavy atom. The van der Waals surface area contributed by atoms with Crippen molar-refractivity contribution in [3.05, 3.63) is 71.5 Å². The normalized spacial score (nSPS) is 19.9. The van der Waals surface area contributed by atoms with Gasteiger partial charge >= 0.3 is 6.09 Å². The number of amides is 1. The van der Waals surface area contributed by atoms with Gasteiger partial charge in [0.2, 0.25) is 0 Å². The molecule has 1 aliphatic rings. The molecule has 0 aliphatic carbocycles. The van der Waals surface area contributed by atoms with E-state index in [2.05, 4.69) is 0 Å². The van der Waals surface area contributed by atoms with Crippen molar-refractivity contribution in [1.82, 2.24) is 4.90 Å². The van der Waals surface area contributed by atoms with Crippen molar-refractivity contribution < 1.29 is 18.7 Å². The summed E-state index contributed by atoms with van der Waals surface area (Å²) in [6, 6.07) is 16.2. The van der Waals surface area contributed by atoms with E-state index in [1.54, 1.807) is 17.0 Å². The van der Waals surface area contributed by atoms with Crippen LogP contribution in [-0.2, 0) is 21.7 Å².